The van der Waals surface area contributed by atoms with Gasteiger partial charge in [-0.3, -0.25) is 4.79 Å². The second-order valence-electron chi connectivity index (χ2n) is 5.64. The van der Waals surface area contributed by atoms with Gasteiger partial charge in [0, 0.05) is 23.9 Å². The normalized spacial score (nSPS) is 18.2. The van der Waals surface area contributed by atoms with Crippen molar-refractivity contribution < 1.29 is 4.79 Å². The third-order valence-corrected chi connectivity index (χ3v) is 3.88. The average molecular weight is 277 g/mol. The Labute approximate surface area is 125 Å². The van der Waals surface area contributed by atoms with Crippen LogP contribution in [0.3, 0.4) is 0 Å². The number of hydrogen-bond donors (Lipinski definition) is 1. The summed E-state index contributed by atoms with van der Waals surface area (Å²) in [5, 5.41) is 3.38. The van der Waals surface area contributed by atoms with E-state index < -0.39 is 0 Å². The molecule has 106 valence electrons. The first-order valence-electron chi connectivity index (χ1n) is 7.33. The van der Waals surface area contributed by atoms with Crippen molar-refractivity contribution in [1.29, 1.82) is 0 Å². The van der Waals surface area contributed by atoms with Gasteiger partial charge in [-0.1, -0.05) is 48.0 Å². The van der Waals surface area contributed by atoms with E-state index in [-0.39, 0.29) is 11.7 Å². The highest BCUT2D eigenvalue weighted by Crippen LogP contribution is 2.31. The Kier molecular flexibility index (Phi) is 3.87. The predicted molar refractivity (Wildman–Crippen MR) is 86.3 cm³/mol. The molecule has 0 bridgehead atoms. The molecule has 0 aromatic heterocycles. The van der Waals surface area contributed by atoms with Gasteiger partial charge in [0.2, 0.25) is 0 Å². The topological polar surface area (TPSA) is 29.1 Å². The molecular formula is C19H19NO. The van der Waals surface area contributed by atoms with Gasteiger partial charge in [0.05, 0.1) is 0 Å². The molecule has 0 amide bonds. The lowest BCUT2D eigenvalue weighted by Crippen LogP contribution is -2.16. The smallest absolute Gasteiger partial charge is 0.158 e. The summed E-state index contributed by atoms with van der Waals surface area (Å²) in [4.78, 5) is 12.0. The molecule has 0 heterocycles. The van der Waals surface area contributed by atoms with Crippen LogP contribution in [0.25, 0.3) is 0 Å². The Hall–Kier alpha value is -2.35. The van der Waals surface area contributed by atoms with E-state index in [4.69, 9.17) is 0 Å². The van der Waals surface area contributed by atoms with Gasteiger partial charge < -0.3 is 5.32 Å². The molecule has 0 unspecified atom stereocenters. The Morgan fingerprint density at radius 2 is 1.67 bits per heavy atom. The van der Waals surface area contributed by atoms with Crippen LogP contribution in [0.2, 0.25) is 0 Å². The average Bonchev–Trinajstić information content (AvgIpc) is 2.50. The van der Waals surface area contributed by atoms with Crippen LogP contribution in [-0.4, -0.2) is 5.78 Å². The summed E-state index contributed by atoms with van der Waals surface area (Å²) in [6.45, 7) is 2.07. The third kappa shape index (κ3) is 3.40. The van der Waals surface area contributed by atoms with Crippen molar-refractivity contribution in [3.05, 3.63) is 77.5 Å². The van der Waals surface area contributed by atoms with E-state index in [9.17, 15) is 4.79 Å². The van der Waals surface area contributed by atoms with E-state index in [1.807, 2.05) is 30.3 Å². The van der Waals surface area contributed by atoms with Crippen molar-refractivity contribution in [1.82, 2.24) is 0 Å². The second-order valence-corrected chi connectivity index (χ2v) is 5.64. The SMILES string of the molecule is Cc1ccc(NC2=CC(=O)C[C@@H](c3ccccc3)C2)cc1. The van der Waals surface area contributed by atoms with Crippen LogP contribution < -0.4 is 5.32 Å². The van der Waals surface area contributed by atoms with E-state index in [1.165, 1.54) is 11.1 Å². The first-order valence-corrected chi connectivity index (χ1v) is 7.33. The zero-order chi connectivity index (χ0) is 14.7. The minimum absolute atomic E-state index is 0.199. The lowest BCUT2D eigenvalue weighted by atomic mass is 9.85. The fourth-order valence-electron chi connectivity index (χ4n) is 2.76. The molecule has 0 radical (unpaired) electrons. The number of benzene rings is 2. The number of hydrogen-bond acceptors (Lipinski definition) is 2. The number of rotatable bonds is 3. The van der Waals surface area contributed by atoms with E-state index in [1.54, 1.807) is 6.08 Å². The number of allylic oxidation sites excluding steroid dienone is 2. The lowest BCUT2D eigenvalue weighted by Gasteiger charge is -2.23. The fourth-order valence-corrected chi connectivity index (χ4v) is 2.76. The standard InChI is InChI=1S/C19H19NO/c1-14-7-9-17(10-8-14)20-18-11-16(12-19(21)13-18)15-5-3-2-4-6-15/h2-10,13,16,20H,11-12H2,1H3/t16-/m0/s1. The second kappa shape index (κ2) is 5.96. The highest BCUT2D eigenvalue weighted by Gasteiger charge is 2.22. The zero-order valence-corrected chi connectivity index (χ0v) is 12.2. The molecule has 2 heteroatoms. The molecule has 1 N–H and O–H groups in total. The van der Waals surface area contributed by atoms with E-state index >= 15 is 0 Å². The van der Waals surface area contributed by atoms with Crippen LogP contribution in [0.15, 0.2) is 66.4 Å². The van der Waals surface area contributed by atoms with Gasteiger partial charge >= 0.3 is 0 Å². The molecule has 2 aromatic carbocycles. The summed E-state index contributed by atoms with van der Waals surface area (Å²) in [6, 6.07) is 18.5. The van der Waals surface area contributed by atoms with Gasteiger partial charge in [-0.15, -0.1) is 0 Å². The third-order valence-electron chi connectivity index (χ3n) is 3.88. The molecule has 2 aromatic rings. The maximum Gasteiger partial charge on any atom is 0.158 e. The number of nitrogens with one attached hydrogen (secondary N) is 1. The highest BCUT2D eigenvalue weighted by molar-refractivity contribution is 5.92. The Morgan fingerprint density at radius 3 is 2.38 bits per heavy atom. The van der Waals surface area contributed by atoms with Gasteiger partial charge in [0.25, 0.3) is 0 Å². The van der Waals surface area contributed by atoms with Crippen LogP contribution in [0, 0.1) is 6.92 Å². The van der Waals surface area contributed by atoms with Crippen molar-refractivity contribution in [2.45, 2.75) is 25.7 Å². The maximum absolute atomic E-state index is 12.0. The number of ketones is 1. The summed E-state index contributed by atoms with van der Waals surface area (Å²) >= 11 is 0. The maximum atomic E-state index is 12.0. The molecule has 0 saturated heterocycles. The Balaban J connectivity index is 1.76. The van der Waals surface area contributed by atoms with Crippen LogP contribution >= 0.6 is 0 Å². The summed E-state index contributed by atoms with van der Waals surface area (Å²) in [5.41, 5.74) is 4.51. The van der Waals surface area contributed by atoms with Crippen molar-refractivity contribution in [3.8, 4) is 0 Å². The molecule has 21 heavy (non-hydrogen) atoms. The number of aryl methyl sites for hydroxylation is 1. The van der Waals surface area contributed by atoms with Crippen LogP contribution in [0.1, 0.15) is 29.9 Å². The summed E-state index contributed by atoms with van der Waals surface area (Å²) in [7, 11) is 0. The molecule has 1 atom stereocenters. The van der Waals surface area contributed by atoms with Crippen LogP contribution in [0.5, 0.6) is 0 Å². The molecule has 0 aliphatic heterocycles. The van der Waals surface area contributed by atoms with Crippen molar-refractivity contribution in [3.63, 3.8) is 0 Å². The van der Waals surface area contributed by atoms with E-state index in [0.29, 0.717) is 6.42 Å². The van der Waals surface area contributed by atoms with Crippen molar-refractivity contribution in [2.24, 2.45) is 0 Å². The van der Waals surface area contributed by atoms with Crippen LogP contribution in [-0.2, 0) is 4.79 Å². The summed E-state index contributed by atoms with van der Waals surface area (Å²) < 4.78 is 0. The van der Waals surface area contributed by atoms with Crippen molar-refractivity contribution in [2.75, 3.05) is 5.32 Å². The van der Waals surface area contributed by atoms with E-state index in [0.717, 1.165) is 17.8 Å². The quantitative estimate of drug-likeness (QED) is 0.898. The molecule has 1 aliphatic rings. The molecular weight excluding hydrogens is 258 g/mol. The first-order chi connectivity index (χ1) is 10.2. The van der Waals surface area contributed by atoms with Crippen molar-refractivity contribution >= 4 is 11.5 Å². The summed E-state index contributed by atoms with van der Waals surface area (Å²) in [5.74, 6) is 0.473. The van der Waals surface area contributed by atoms with Gasteiger partial charge in [-0.05, 0) is 37.0 Å². The van der Waals surface area contributed by atoms with Gasteiger partial charge in [0.15, 0.2) is 5.78 Å². The molecule has 0 saturated carbocycles. The largest absolute Gasteiger partial charge is 0.359 e. The van der Waals surface area contributed by atoms with E-state index in [2.05, 4.69) is 36.5 Å². The molecule has 1 aliphatic carbocycles. The minimum atomic E-state index is 0.199. The molecule has 2 nitrogen and oxygen atoms in total. The van der Waals surface area contributed by atoms with Gasteiger partial charge in [-0.25, -0.2) is 0 Å². The van der Waals surface area contributed by atoms with Gasteiger partial charge in [0.1, 0.15) is 0 Å². The predicted octanol–water partition coefficient (Wildman–Crippen LogP) is 4.44. The number of anilines is 1. The Morgan fingerprint density at radius 1 is 0.952 bits per heavy atom. The first kappa shape index (κ1) is 13.6. The van der Waals surface area contributed by atoms with Gasteiger partial charge in [-0.2, -0.15) is 0 Å². The molecule has 0 spiro atoms. The zero-order valence-electron chi connectivity index (χ0n) is 12.2. The lowest BCUT2D eigenvalue weighted by molar-refractivity contribution is -0.115. The molecule has 3 rings (SSSR count). The summed E-state index contributed by atoms with van der Waals surface area (Å²) in [6.07, 6.45) is 3.23. The number of carbonyl (C=O) groups excluding carboxylic acids is 1. The van der Waals surface area contributed by atoms with Crippen LogP contribution in [0.4, 0.5) is 5.69 Å². The number of carbonyl (C=O) groups is 1. The molecule has 0 fully saturated rings. The Bertz CT molecular complexity index is 656. The monoisotopic (exact) mass is 277 g/mol. The fraction of sp³-hybridized carbons (Fsp3) is 0.211. The minimum Gasteiger partial charge on any atom is -0.359 e. The highest BCUT2D eigenvalue weighted by atomic mass is 16.1.